The largest absolute Gasteiger partial charge is 0.375 e. The number of anilines is 2. The normalized spacial score (nSPS) is 11.8. The van der Waals surface area contributed by atoms with E-state index in [1.807, 2.05) is 6.92 Å². The van der Waals surface area contributed by atoms with Crippen LogP contribution in [-0.4, -0.2) is 33.5 Å². The Morgan fingerprint density at radius 2 is 2.04 bits per heavy atom. The molecule has 1 unspecified atom stereocenters. The van der Waals surface area contributed by atoms with Gasteiger partial charge in [0.25, 0.3) is 0 Å². The van der Waals surface area contributed by atoms with Gasteiger partial charge in [0.05, 0.1) is 13.2 Å². The molecule has 0 radical (unpaired) electrons. The summed E-state index contributed by atoms with van der Waals surface area (Å²) in [7, 11) is 0. The van der Waals surface area contributed by atoms with Crippen LogP contribution in [0.2, 0.25) is 0 Å². The third kappa shape index (κ3) is 6.42. The molecule has 2 N–H and O–H groups in total. The maximum absolute atomic E-state index is 13.1. The molecular formula is C17H22FN5O2. The Morgan fingerprint density at radius 3 is 2.76 bits per heavy atom. The average Bonchev–Trinajstić information content (AvgIpc) is 2.54. The summed E-state index contributed by atoms with van der Waals surface area (Å²) < 4.78 is 18.7. The summed E-state index contributed by atoms with van der Waals surface area (Å²) in [6.07, 6.45) is 0.345. The van der Waals surface area contributed by atoms with Crippen molar-refractivity contribution in [1.29, 1.82) is 0 Å². The number of amides is 1. The van der Waals surface area contributed by atoms with Crippen molar-refractivity contribution >= 4 is 17.8 Å². The minimum atomic E-state index is -0.283. The van der Waals surface area contributed by atoms with Gasteiger partial charge in [-0.1, -0.05) is 19.1 Å². The van der Waals surface area contributed by atoms with E-state index in [0.717, 1.165) is 5.56 Å². The first-order valence-corrected chi connectivity index (χ1v) is 8.07. The van der Waals surface area contributed by atoms with E-state index < -0.39 is 0 Å². The maximum atomic E-state index is 13.1. The molecule has 1 aromatic heterocycles. The second-order valence-corrected chi connectivity index (χ2v) is 5.62. The van der Waals surface area contributed by atoms with Crippen LogP contribution in [0.25, 0.3) is 0 Å². The number of carbonyl (C=O) groups excluding carboxylic acids is 1. The molecule has 0 saturated carbocycles. The lowest BCUT2D eigenvalue weighted by atomic mass is 10.2. The zero-order chi connectivity index (χ0) is 18.2. The summed E-state index contributed by atoms with van der Waals surface area (Å²) in [5.41, 5.74) is 0.771. The number of rotatable bonds is 8. The highest BCUT2D eigenvalue weighted by atomic mass is 19.1. The highest BCUT2D eigenvalue weighted by Crippen LogP contribution is 2.08. The van der Waals surface area contributed by atoms with E-state index in [-0.39, 0.29) is 23.7 Å². The first-order chi connectivity index (χ1) is 12.0. The molecule has 0 fully saturated rings. The summed E-state index contributed by atoms with van der Waals surface area (Å²) in [5, 5.41) is 5.71. The molecule has 2 rings (SSSR count). The van der Waals surface area contributed by atoms with Crippen LogP contribution in [0, 0.1) is 12.7 Å². The van der Waals surface area contributed by atoms with E-state index in [9.17, 15) is 9.18 Å². The summed E-state index contributed by atoms with van der Waals surface area (Å²) in [5.74, 6) is 0.630. The van der Waals surface area contributed by atoms with Crippen molar-refractivity contribution in [2.24, 2.45) is 0 Å². The summed E-state index contributed by atoms with van der Waals surface area (Å²) in [6.45, 7) is 6.09. The Balaban J connectivity index is 1.87. The SMILES string of the molecule is CCC(=O)Nc1nc(C)nc(NC(C)COCc2cccc(F)c2)n1. The highest BCUT2D eigenvalue weighted by Gasteiger charge is 2.09. The average molecular weight is 347 g/mol. The quantitative estimate of drug-likeness (QED) is 0.763. The van der Waals surface area contributed by atoms with Gasteiger partial charge >= 0.3 is 0 Å². The predicted octanol–water partition coefficient (Wildman–Crippen LogP) is 2.68. The predicted molar refractivity (Wildman–Crippen MR) is 92.6 cm³/mol. The fourth-order valence-electron chi connectivity index (χ4n) is 2.06. The van der Waals surface area contributed by atoms with Crippen LogP contribution in [0.5, 0.6) is 0 Å². The van der Waals surface area contributed by atoms with Gasteiger partial charge < -0.3 is 10.1 Å². The van der Waals surface area contributed by atoms with E-state index in [2.05, 4.69) is 25.6 Å². The second kappa shape index (κ2) is 9.03. The van der Waals surface area contributed by atoms with E-state index in [4.69, 9.17) is 4.74 Å². The van der Waals surface area contributed by atoms with Crippen LogP contribution in [0.15, 0.2) is 24.3 Å². The van der Waals surface area contributed by atoms with Crippen LogP contribution in [0.4, 0.5) is 16.3 Å². The lowest BCUT2D eigenvalue weighted by molar-refractivity contribution is -0.115. The fraction of sp³-hybridized carbons (Fsp3) is 0.412. The number of hydrogen-bond donors (Lipinski definition) is 2. The fourth-order valence-corrected chi connectivity index (χ4v) is 2.06. The van der Waals surface area contributed by atoms with Gasteiger partial charge in [0, 0.05) is 12.5 Å². The zero-order valence-corrected chi connectivity index (χ0v) is 14.5. The molecular weight excluding hydrogens is 325 g/mol. The Labute approximate surface area is 146 Å². The van der Waals surface area contributed by atoms with E-state index in [1.165, 1.54) is 12.1 Å². The van der Waals surface area contributed by atoms with Crippen molar-refractivity contribution in [2.45, 2.75) is 39.8 Å². The van der Waals surface area contributed by atoms with Gasteiger partial charge in [-0.25, -0.2) is 4.39 Å². The molecule has 1 atom stereocenters. The van der Waals surface area contributed by atoms with Gasteiger partial charge in [-0.3, -0.25) is 10.1 Å². The van der Waals surface area contributed by atoms with E-state index >= 15 is 0 Å². The number of aryl methyl sites for hydroxylation is 1. The molecule has 2 aromatic rings. The molecule has 0 aliphatic rings. The van der Waals surface area contributed by atoms with Crippen LogP contribution in [-0.2, 0) is 16.1 Å². The first-order valence-electron chi connectivity index (χ1n) is 8.07. The van der Waals surface area contributed by atoms with Gasteiger partial charge in [-0.05, 0) is 31.5 Å². The van der Waals surface area contributed by atoms with Gasteiger partial charge in [0.1, 0.15) is 11.6 Å². The summed E-state index contributed by atoms with van der Waals surface area (Å²) in [6, 6.07) is 6.21. The monoisotopic (exact) mass is 347 g/mol. The molecule has 0 bridgehead atoms. The van der Waals surface area contributed by atoms with Crippen molar-refractivity contribution < 1.29 is 13.9 Å². The summed E-state index contributed by atoms with van der Waals surface area (Å²) >= 11 is 0. The van der Waals surface area contributed by atoms with E-state index in [0.29, 0.717) is 31.4 Å². The highest BCUT2D eigenvalue weighted by molar-refractivity contribution is 5.88. The standard InChI is InChI=1S/C17H22FN5O2/c1-4-15(24)22-17-21-12(3)20-16(23-17)19-11(2)9-25-10-13-6-5-7-14(18)8-13/h5-8,11H,4,9-10H2,1-3H3,(H2,19,20,21,22,23,24). The Kier molecular flexibility index (Phi) is 6.76. The molecule has 25 heavy (non-hydrogen) atoms. The zero-order valence-electron chi connectivity index (χ0n) is 14.5. The Hall–Kier alpha value is -2.61. The minimum Gasteiger partial charge on any atom is -0.375 e. The van der Waals surface area contributed by atoms with Gasteiger partial charge in [0.2, 0.25) is 17.8 Å². The topological polar surface area (TPSA) is 89.0 Å². The maximum Gasteiger partial charge on any atom is 0.234 e. The van der Waals surface area contributed by atoms with Crippen molar-refractivity contribution in [3.8, 4) is 0 Å². The molecule has 1 aromatic carbocycles. The number of ether oxygens (including phenoxy) is 1. The summed E-state index contributed by atoms with van der Waals surface area (Å²) in [4.78, 5) is 23.9. The Bertz CT molecular complexity index is 726. The first kappa shape index (κ1) is 18.7. The third-order valence-electron chi connectivity index (χ3n) is 3.22. The van der Waals surface area contributed by atoms with E-state index in [1.54, 1.807) is 26.0 Å². The number of hydrogen-bond acceptors (Lipinski definition) is 6. The molecule has 8 heteroatoms. The third-order valence-corrected chi connectivity index (χ3v) is 3.22. The minimum absolute atomic E-state index is 0.0786. The number of nitrogens with one attached hydrogen (secondary N) is 2. The second-order valence-electron chi connectivity index (χ2n) is 5.62. The molecule has 0 aliphatic carbocycles. The molecule has 0 aliphatic heterocycles. The van der Waals surface area contributed by atoms with Crippen molar-refractivity contribution in [2.75, 3.05) is 17.2 Å². The molecule has 134 valence electrons. The Morgan fingerprint density at radius 1 is 1.28 bits per heavy atom. The smallest absolute Gasteiger partial charge is 0.234 e. The molecule has 0 spiro atoms. The van der Waals surface area contributed by atoms with Crippen molar-refractivity contribution in [1.82, 2.24) is 15.0 Å². The molecule has 1 heterocycles. The number of halogens is 1. The number of benzene rings is 1. The van der Waals surface area contributed by atoms with Crippen LogP contribution >= 0.6 is 0 Å². The van der Waals surface area contributed by atoms with Crippen LogP contribution in [0.3, 0.4) is 0 Å². The number of nitrogens with zero attached hydrogens (tertiary/aromatic N) is 3. The lowest BCUT2D eigenvalue weighted by Gasteiger charge is -2.15. The van der Waals surface area contributed by atoms with Gasteiger partial charge in [-0.15, -0.1) is 0 Å². The van der Waals surface area contributed by atoms with Gasteiger partial charge in [-0.2, -0.15) is 15.0 Å². The molecule has 0 saturated heterocycles. The van der Waals surface area contributed by atoms with Crippen LogP contribution in [0.1, 0.15) is 31.7 Å². The lowest BCUT2D eigenvalue weighted by Crippen LogP contribution is -2.24. The van der Waals surface area contributed by atoms with Gasteiger partial charge in [0.15, 0.2) is 0 Å². The van der Waals surface area contributed by atoms with Crippen molar-refractivity contribution in [3.63, 3.8) is 0 Å². The number of aromatic nitrogens is 3. The molecule has 7 nitrogen and oxygen atoms in total. The van der Waals surface area contributed by atoms with Crippen LogP contribution < -0.4 is 10.6 Å². The van der Waals surface area contributed by atoms with Crippen molar-refractivity contribution in [3.05, 3.63) is 41.5 Å². The molecule has 1 amide bonds. The number of carbonyl (C=O) groups is 1.